The molecule has 0 saturated carbocycles. The van der Waals surface area contributed by atoms with Crippen molar-refractivity contribution in [1.29, 1.82) is 0 Å². The van der Waals surface area contributed by atoms with Gasteiger partial charge in [-0.1, -0.05) is 12.1 Å². The normalized spacial score (nSPS) is 13.2. The van der Waals surface area contributed by atoms with E-state index in [1.165, 1.54) is 11.3 Å². The van der Waals surface area contributed by atoms with Gasteiger partial charge >= 0.3 is 0 Å². The number of carbonyl (C=O) groups excluding carboxylic acids is 1. The Kier molecular flexibility index (Phi) is 3.06. The molecule has 0 spiro atoms. The fourth-order valence-corrected chi connectivity index (χ4v) is 2.48. The minimum absolute atomic E-state index is 0.0711. The third-order valence-electron chi connectivity index (χ3n) is 3.62. The standard InChI is InChI=1S/C16H16N2O2/c1-18-9-8-11-10-12(6-7-14(11)18)16(20)17-13-4-2-3-5-15(13)19/h2-7,10,19H,8-9H2,1H3,(H,17,20). The molecule has 0 saturated heterocycles. The van der Waals surface area contributed by atoms with E-state index in [-0.39, 0.29) is 11.7 Å². The Balaban J connectivity index is 1.83. The predicted molar refractivity (Wildman–Crippen MR) is 79.5 cm³/mol. The number of likely N-dealkylation sites (N-methyl/N-ethyl adjacent to an activating group) is 1. The van der Waals surface area contributed by atoms with Crippen LogP contribution < -0.4 is 10.2 Å². The van der Waals surface area contributed by atoms with Crippen LogP contribution in [0.1, 0.15) is 15.9 Å². The van der Waals surface area contributed by atoms with Crippen molar-refractivity contribution in [3.8, 4) is 5.75 Å². The lowest BCUT2D eigenvalue weighted by atomic mass is 10.1. The van der Waals surface area contributed by atoms with Gasteiger partial charge in [-0.2, -0.15) is 0 Å². The van der Waals surface area contributed by atoms with Gasteiger partial charge in [0.1, 0.15) is 5.75 Å². The number of hydrogen-bond donors (Lipinski definition) is 2. The molecule has 102 valence electrons. The first-order valence-corrected chi connectivity index (χ1v) is 6.58. The van der Waals surface area contributed by atoms with E-state index in [1.807, 2.05) is 25.2 Å². The van der Waals surface area contributed by atoms with Gasteiger partial charge in [0, 0.05) is 24.8 Å². The average Bonchev–Trinajstić information content (AvgIpc) is 2.82. The van der Waals surface area contributed by atoms with Crippen LogP contribution in [0.4, 0.5) is 11.4 Å². The number of phenols is 1. The van der Waals surface area contributed by atoms with E-state index >= 15 is 0 Å². The zero-order chi connectivity index (χ0) is 14.1. The van der Waals surface area contributed by atoms with Crippen molar-refractivity contribution in [1.82, 2.24) is 0 Å². The summed E-state index contributed by atoms with van der Waals surface area (Å²) in [6.07, 6.45) is 0.962. The monoisotopic (exact) mass is 268 g/mol. The molecular formula is C16H16N2O2. The molecule has 2 aromatic rings. The van der Waals surface area contributed by atoms with Crippen LogP contribution in [-0.4, -0.2) is 24.6 Å². The predicted octanol–water partition coefficient (Wildman–Crippen LogP) is 2.64. The second kappa shape index (κ2) is 4.89. The molecule has 0 radical (unpaired) electrons. The second-order valence-electron chi connectivity index (χ2n) is 4.99. The number of aromatic hydroxyl groups is 1. The lowest BCUT2D eigenvalue weighted by molar-refractivity contribution is 0.102. The van der Waals surface area contributed by atoms with Gasteiger partial charge in [0.2, 0.25) is 0 Å². The zero-order valence-electron chi connectivity index (χ0n) is 11.3. The largest absolute Gasteiger partial charge is 0.506 e. The molecule has 1 aliphatic heterocycles. The topological polar surface area (TPSA) is 52.6 Å². The number of para-hydroxylation sites is 2. The number of benzene rings is 2. The molecule has 0 aromatic heterocycles. The van der Waals surface area contributed by atoms with Gasteiger partial charge in [-0.3, -0.25) is 4.79 Å². The summed E-state index contributed by atoms with van der Waals surface area (Å²) in [6, 6.07) is 12.4. The lowest BCUT2D eigenvalue weighted by Crippen LogP contribution is -2.13. The molecule has 4 nitrogen and oxygen atoms in total. The Hall–Kier alpha value is -2.49. The average molecular weight is 268 g/mol. The molecule has 2 N–H and O–H groups in total. The Labute approximate surface area is 117 Å². The summed E-state index contributed by atoms with van der Waals surface area (Å²) in [6.45, 7) is 0.986. The molecule has 3 rings (SSSR count). The number of amides is 1. The molecule has 1 heterocycles. The number of hydrogen-bond acceptors (Lipinski definition) is 3. The van der Waals surface area contributed by atoms with Crippen LogP contribution in [0, 0.1) is 0 Å². The molecule has 0 fully saturated rings. The van der Waals surface area contributed by atoms with Gasteiger partial charge in [-0.15, -0.1) is 0 Å². The lowest BCUT2D eigenvalue weighted by Gasteiger charge is -2.12. The van der Waals surface area contributed by atoms with Gasteiger partial charge in [0.15, 0.2) is 0 Å². The summed E-state index contributed by atoms with van der Waals surface area (Å²) < 4.78 is 0. The summed E-state index contributed by atoms with van der Waals surface area (Å²) >= 11 is 0. The van der Waals surface area contributed by atoms with Crippen molar-refractivity contribution in [2.45, 2.75) is 6.42 Å². The highest BCUT2D eigenvalue weighted by molar-refractivity contribution is 6.05. The number of nitrogens with zero attached hydrogens (tertiary/aromatic N) is 1. The first-order chi connectivity index (χ1) is 9.65. The van der Waals surface area contributed by atoms with Gasteiger partial charge in [0.25, 0.3) is 5.91 Å². The summed E-state index contributed by atoms with van der Waals surface area (Å²) in [5, 5.41) is 12.4. The van der Waals surface area contributed by atoms with Crippen molar-refractivity contribution >= 4 is 17.3 Å². The minimum atomic E-state index is -0.205. The first-order valence-electron chi connectivity index (χ1n) is 6.58. The smallest absolute Gasteiger partial charge is 0.255 e. The van der Waals surface area contributed by atoms with Crippen molar-refractivity contribution in [3.63, 3.8) is 0 Å². The van der Waals surface area contributed by atoms with Crippen LogP contribution >= 0.6 is 0 Å². The Morgan fingerprint density at radius 1 is 1.25 bits per heavy atom. The third kappa shape index (κ3) is 2.20. The molecule has 0 atom stereocenters. The number of nitrogens with one attached hydrogen (secondary N) is 1. The van der Waals surface area contributed by atoms with Gasteiger partial charge in [-0.05, 0) is 42.3 Å². The fraction of sp³-hybridized carbons (Fsp3) is 0.188. The molecule has 4 heteroatoms. The van der Waals surface area contributed by atoms with Crippen molar-refractivity contribution in [2.75, 3.05) is 23.8 Å². The molecule has 2 aromatic carbocycles. The Morgan fingerprint density at radius 3 is 2.85 bits per heavy atom. The first kappa shape index (κ1) is 12.5. The summed E-state index contributed by atoms with van der Waals surface area (Å²) in [5.41, 5.74) is 3.42. The Morgan fingerprint density at radius 2 is 2.05 bits per heavy atom. The van der Waals surface area contributed by atoms with E-state index in [9.17, 15) is 9.90 Å². The maximum Gasteiger partial charge on any atom is 0.255 e. The zero-order valence-corrected chi connectivity index (χ0v) is 11.3. The van der Waals surface area contributed by atoms with Crippen LogP contribution in [0.15, 0.2) is 42.5 Å². The number of phenolic OH excluding ortho intramolecular Hbond substituents is 1. The molecule has 0 aliphatic carbocycles. The maximum absolute atomic E-state index is 12.2. The van der Waals surface area contributed by atoms with Crippen LogP contribution in [0.2, 0.25) is 0 Å². The quantitative estimate of drug-likeness (QED) is 0.823. The van der Waals surface area contributed by atoms with E-state index in [0.29, 0.717) is 11.3 Å². The van der Waals surface area contributed by atoms with E-state index < -0.39 is 0 Å². The van der Waals surface area contributed by atoms with E-state index in [2.05, 4.69) is 10.2 Å². The van der Waals surface area contributed by atoms with Crippen LogP contribution in [0.25, 0.3) is 0 Å². The number of fused-ring (bicyclic) bond motifs is 1. The highest BCUT2D eigenvalue weighted by atomic mass is 16.3. The summed E-state index contributed by atoms with van der Waals surface area (Å²) in [4.78, 5) is 14.4. The van der Waals surface area contributed by atoms with E-state index in [0.717, 1.165) is 13.0 Å². The summed E-state index contributed by atoms with van der Waals surface area (Å²) in [5.74, 6) is -0.134. The molecule has 0 bridgehead atoms. The molecule has 20 heavy (non-hydrogen) atoms. The number of carbonyl (C=O) groups is 1. The van der Waals surface area contributed by atoms with E-state index in [4.69, 9.17) is 0 Å². The van der Waals surface area contributed by atoms with Crippen LogP contribution in [-0.2, 0) is 6.42 Å². The van der Waals surface area contributed by atoms with Gasteiger partial charge in [-0.25, -0.2) is 0 Å². The Bertz CT molecular complexity index is 667. The summed E-state index contributed by atoms with van der Waals surface area (Å²) in [7, 11) is 2.05. The number of rotatable bonds is 2. The number of anilines is 2. The van der Waals surface area contributed by atoms with E-state index in [1.54, 1.807) is 24.3 Å². The van der Waals surface area contributed by atoms with Gasteiger partial charge < -0.3 is 15.3 Å². The van der Waals surface area contributed by atoms with Gasteiger partial charge in [0.05, 0.1) is 5.69 Å². The molecule has 1 amide bonds. The fourth-order valence-electron chi connectivity index (χ4n) is 2.48. The third-order valence-corrected chi connectivity index (χ3v) is 3.62. The van der Waals surface area contributed by atoms with Crippen molar-refractivity contribution in [3.05, 3.63) is 53.6 Å². The molecule has 1 aliphatic rings. The minimum Gasteiger partial charge on any atom is -0.506 e. The molecule has 0 unspecified atom stereocenters. The maximum atomic E-state index is 12.2. The highest BCUT2D eigenvalue weighted by Gasteiger charge is 2.17. The van der Waals surface area contributed by atoms with Crippen molar-refractivity contribution < 1.29 is 9.90 Å². The molecular weight excluding hydrogens is 252 g/mol. The highest BCUT2D eigenvalue weighted by Crippen LogP contribution is 2.28. The van der Waals surface area contributed by atoms with Crippen molar-refractivity contribution in [2.24, 2.45) is 0 Å². The van der Waals surface area contributed by atoms with Crippen LogP contribution in [0.3, 0.4) is 0 Å². The SMILES string of the molecule is CN1CCc2cc(C(=O)Nc3ccccc3O)ccc21. The van der Waals surface area contributed by atoms with Crippen LogP contribution in [0.5, 0.6) is 5.75 Å². The second-order valence-corrected chi connectivity index (χ2v) is 4.99.